The monoisotopic (exact) mass is 380 g/mol. The second kappa shape index (κ2) is 7.49. The number of hydrogen-bond donors (Lipinski definition) is 0. The van der Waals surface area contributed by atoms with Crippen molar-refractivity contribution in [2.75, 3.05) is 13.7 Å². The van der Waals surface area contributed by atoms with Gasteiger partial charge in [-0.15, -0.1) is 0 Å². The predicted molar refractivity (Wildman–Crippen MR) is 98.0 cm³/mol. The largest absolute Gasteiger partial charge is 0.383 e. The Morgan fingerprint density at radius 1 is 1.25 bits per heavy atom. The molecule has 7 heteroatoms. The normalized spacial score (nSPS) is 12.0. The minimum Gasteiger partial charge on any atom is -0.383 e. The first-order valence-electron chi connectivity index (χ1n) is 7.21. The molecule has 2 aromatic carbocycles. The predicted octanol–water partition coefficient (Wildman–Crippen LogP) is 4.40. The molecule has 24 heavy (non-hydrogen) atoms. The third kappa shape index (κ3) is 3.54. The fourth-order valence-electron chi connectivity index (χ4n) is 2.31. The molecule has 4 nitrogen and oxygen atoms in total. The minimum atomic E-state index is -0.394. The molecule has 0 N–H and O–H groups in total. The fraction of sp³-hybridized carbons (Fsp3) is 0.176. The van der Waals surface area contributed by atoms with Crippen molar-refractivity contribution in [1.82, 2.24) is 4.57 Å². The number of thiazole rings is 1. The number of carbonyl (C=O) groups is 1. The molecule has 0 aliphatic carbocycles. The second-order valence-electron chi connectivity index (χ2n) is 5.04. The summed E-state index contributed by atoms with van der Waals surface area (Å²) in [6.07, 6.45) is 0. The van der Waals surface area contributed by atoms with E-state index >= 15 is 0 Å². The number of carbonyl (C=O) groups excluding carboxylic acids is 1. The lowest BCUT2D eigenvalue weighted by Gasteiger charge is -2.04. The average molecular weight is 381 g/mol. The molecule has 0 unspecified atom stereocenters. The highest BCUT2D eigenvalue weighted by Crippen LogP contribution is 2.22. The average Bonchev–Trinajstić information content (AvgIpc) is 2.89. The number of nitrogens with zero attached hydrogens (tertiary/aromatic N) is 2. The number of amides is 1. The number of fused-ring (bicyclic) bond motifs is 1. The molecule has 0 atom stereocenters. The molecular weight excluding hydrogens is 367 g/mol. The van der Waals surface area contributed by atoms with Gasteiger partial charge in [0.25, 0.3) is 5.91 Å². The van der Waals surface area contributed by atoms with Crippen molar-refractivity contribution in [1.29, 1.82) is 0 Å². The molecule has 0 saturated carbocycles. The van der Waals surface area contributed by atoms with Crippen LogP contribution in [0, 0.1) is 0 Å². The molecule has 0 aliphatic rings. The standard InChI is InChI=1S/C17H14Cl2N2O2S/c1-23-9-8-21-14-4-2-3-5-15(14)24-17(21)20-16(22)12-7-6-11(18)10-13(12)19/h2-7,10H,8-9H2,1H3. The number of para-hydroxylation sites is 1. The van der Waals surface area contributed by atoms with Crippen LogP contribution in [0.1, 0.15) is 10.4 Å². The zero-order valence-electron chi connectivity index (χ0n) is 12.8. The number of aromatic nitrogens is 1. The van der Waals surface area contributed by atoms with E-state index in [1.165, 1.54) is 17.4 Å². The Kier molecular flexibility index (Phi) is 5.36. The lowest BCUT2D eigenvalue weighted by molar-refractivity contribution is 0.0997. The first-order chi connectivity index (χ1) is 11.6. The minimum absolute atomic E-state index is 0.292. The molecule has 1 heterocycles. The highest BCUT2D eigenvalue weighted by Gasteiger charge is 2.12. The fourth-order valence-corrected chi connectivity index (χ4v) is 3.86. The van der Waals surface area contributed by atoms with Crippen molar-refractivity contribution in [2.24, 2.45) is 4.99 Å². The Morgan fingerprint density at radius 3 is 2.79 bits per heavy atom. The number of methoxy groups -OCH3 is 1. The summed E-state index contributed by atoms with van der Waals surface area (Å²) in [5.74, 6) is -0.394. The second-order valence-corrected chi connectivity index (χ2v) is 6.89. The van der Waals surface area contributed by atoms with E-state index in [2.05, 4.69) is 4.99 Å². The number of benzene rings is 2. The maximum Gasteiger partial charge on any atom is 0.281 e. The molecule has 0 fully saturated rings. The van der Waals surface area contributed by atoms with Gasteiger partial charge in [-0.25, -0.2) is 0 Å². The molecular formula is C17H14Cl2N2O2S. The lowest BCUT2D eigenvalue weighted by Crippen LogP contribution is -2.19. The number of rotatable bonds is 4. The smallest absolute Gasteiger partial charge is 0.281 e. The highest BCUT2D eigenvalue weighted by molar-refractivity contribution is 7.16. The van der Waals surface area contributed by atoms with Crippen molar-refractivity contribution >= 4 is 50.7 Å². The van der Waals surface area contributed by atoms with E-state index in [0.29, 0.717) is 33.6 Å². The van der Waals surface area contributed by atoms with Crippen LogP contribution in [-0.4, -0.2) is 24.2 Å². The van der Waals surface area contributed by atoms with E-state index in [1.54, 1.807) is 19.2 Å². The SMILES string of the molecule is COCCn1c(=NC(=O)c2ccc(Cl)cc2Cl)sc2ccccc21. The van der Waals surface area contributed by atoms with Gasteiger partial charge in [-0.2, -0.15) is 4.99 Å². The summed E-state index contributed by atoms with van der Waals surface area (Å²) < 4.78 is 8.20. The van der Waals surface area contributed by atoms with Gasteiger partial charge in [0, 0.05) is 18.7 Å². The van der Waals surface area contributed by atoms with E-state index in [4.69, 9.17) is 27.9 Å². The highest BCUT2D eigenvalue weighted by atomic mass is 35.5. The van der Waals surface area contributed by atoms with Crippen LogP contribution in [0.5, 0.6) is 0 Å². The molecule has 0 saturated heterocycles. The van der Waals surface area contributed by atoms with Crippen LogP contribution < -0.4 is 4.80 Å². The summed E-state index contributed by atoms with van der Waals surface area (Å²) in [5.41, 5.74) is 1.35. The van der Waals surface area contributed by atoms with Crippen LogP contribution in [0.15, 0.2) is 47.5 Å². The molecule has 1 amide bonds. The van der Waals surface area contributed by atoms with Crippen LogP contribution in [-0.2, 0) is 11.3 Å². The Hall–Kier alpha value is -1.66. The van der Waals surface area contributed by atoms with Gasteiger partial charge >= 0.3 is 0 Å². The topological polar surface area (TPSA) is 43.6 Å². The number of ether oxygens (including phenoxy) is 1. The van der Waals surface area contributed by atoms with Crippen LogP contribution >= 0.6 is 34.5 Å². The summed E-state index contributed by atoms with van der Waals surface area (Å²) in [7, 11) is 1.64. The summed E-state index contributed by atoms with van der Waals surface area (Å²) >= 11 is 13.4. The molecule has 0 bridgehead atoms. The van der Waals surface area contributed by atoms with Crippen LogP contribution in [0.25, 0.3) is 10.2 Å². The van der Waals surface area contributed by atoms with Gasteiger partial charge in [0.05, 0.1) is 27.4 Å². The first-order valence-corrected chi connectivity index (χ1v) is 8.79. The molecule has 1 aromatic heterocycles. The Balaban J connectivity index is 2.10. The molecule has 0 radical (unpaired) electrons. The zero-order chi connectivity index (χ0) is 17.1. The van der Waals surface area contributed by atoms with Gasteiger partial charge in [-0.1, -0.05) is 46.7 Å². The van der Waals surface area contributed by atoms with Gasteiger partial charge in [0.15, 0.2) is 4.80 Å². The summed E-state index contributed by atoms with van der Waals surface area (Å²) in [6, 6.07) is 12.7. The third-order valence-electron chi connectivity index (χ3n) is 3.47. The quantitative estimate of drug-likeness (QED) is 0.673. The van der Waals surface area contributed by atoms with E-state index in [9.17, 15) is 4.79 Å². The van der Waals surface area contributed by atoms with Crippen molar-refractivity contribution in [2.45, 2.75) is 6.54 Å². The van der Waals surface area contributed by atoms with E-state index in [-0.39, 0.29) is 0 Å². The van der Waals surface area contributed by atoms with Crippen LogP contribution in [0.2, 0.25) is 10.0 Å². The van der Waals surface area contributed by atoms with Crippen molar-refractivity contribution in [3.05, 3.63) is 62.9 Å². The maximum absolute atomic E-state index is 12.5. The third-order valence-corrected chi connectivity index (χ3v) is 5.07. The molecule has 3 rings (SSSR count). The lowest BCUT2D eigenvalue weighted by atomic mass is 10.2. The van der Waals surface area contributed by atoms with E-state index in [1.807, 2.05) is 28.8 Å². The summed E-state index contributed by atoms with van der Waals surface area (Å²) in [4.78, 5) is 17.4. The zero-order valence-corrected chi connectivity index (χ0v) is 15.2. The molecule has 0 spiro atoms. The summed E-state index contributed by atoms with van der Waals surface area (Å²) in [5, 5.41) is 0.773. The Labute approximate surface area is 152 Å². The summed E-state index contributed by atoms with van der Waals surface area (Å²) in [6.45, 7) is 1.14. The molecule has 124 valence electrons. The number of halogens is 2. The van der Waals surface area contributed by atoms with Gasteiger partial charge in [-0.05, 0) is 30.3 Å². The van der Waals surface area contributed by atoms with Gasteiger partial charge in [0.2, 0.25) is 0 Å². The van der Waals surface area contributed by atoms with Crippen LogP contribution in [0.3, 0.4) is 0 Å². The Morgan fingerprint density at radius 2 is 2.04 bits per heavy atom. The van der Waals surface area contributed by atoms with Crippen molar-refractivity contribution in [3.8, 4) is 0 Å². The molecule has 0 aliphatic heterocycles. The van der Waals surface area contributed by atoms with E-state index < -0.39 is 5.91 Å². The van der Waals surface area contributed by atoms with Gasteiger partial charge in [0.1, 0.15) is 0 Å². The van der Waals surface area contributed by atoms with Gasteiger partial charge in [-0.3, -0.25) is 4.79 Å². The van der Waals surface area contributed by atoms with E-state index in [0.717, 1.165) is 10.2 Å². The Bertz CT molecular complexity index is 963. The van der Waals surface area contributed by atoms with Gasteiger partial charge < -0.3 is 9.30 Å². The molecule has 3 aromatic rings. The van der Waals surface area contributed by atoms with Crippen molar-refractivity contribution in [3.63, 3.8) is 0 Å². The van der Waals surface area contributed by atoms with Crippen molar-refractivity contribution < 1.29 is 9.53 Å². The van der Waals surface area contributed by atoms with Crippen LogP contribution in [0.4, 0.5) is 0 Å². The maximum atomic E-state index is 12.5. The number of hydrogen-bond acceptors (Lipinski definition) is 3. The first kappa shape index (κ1) is 17.2.